The Kier molecular flexibility index (Phi) is 5.86. The van der Waals surface area contributed by atoms with Gasteiger partial charge in [-0.1, -0.05) is 35.1 Å². The average molecular weight is 552 g/mol. The van der Waals surface area contributed by atoms with Crippen LogP contribution in [0.2, 0.25) is 5.02 Å². The van der Waals surface area contributed by atoms with E-state index in [4.69, 9.17) is 11.6 Å². The normalized spacial score (nSPS) is 22.1. The first kappa shape index (κ1) is 24.5. The highest BCUT2D eigenvalue weighted by Gasteiger charge is 2.53. The SMILES string of the molecule is O=C(Nc1ncc(C(c2ccc(Cl)cc2F)N2CCC(O)C2)s1)C1(c2ccc3c(c2)OC(F)(F)O3)CC1. The molecule has 2 aliphatic heterocycles. The van der Waals surface area contributed by atoms with E-state index in [0.29, 0.717) is 53.5 Å². The summed E-state index contributed by atoms with van der Waals surface area (Å²) in [6, 6.07) is 8.33. The van der Waals surface area contributed by atoms with Crippen LogP contribution in [0.25, 0.3) is 0 Å². The van der Waals surface area contributed by atoms with E-state index in [9.17, 15) is 23.1 Å². The molecule has 2 atom stereocenters. The fourth-order valence-corrected chi connectivity index (χ4v) is 6.09. The Morgan fingerprint density at radius 3 is 2.70 bits per heavy atom. The smallest absolute Gasteiger partial charge is 0.395 e. The number of nitrogens with zero attached hydrogens (tertiary/aromatic N) is 2. The van der Waals surface area contributed by atoms with Crippen molar-refractivity contribution in [3.8, 4) is 11.5 Å². The van der Waals surface area contributed by atoms with E-state index in [1.807, 2.05) is 4.90 Å². The lowest BCUT2D eigenvalue weighted by atomic mass is 9.94. The number of likely N-dealkylation sites (tertiary alicyclic amines) is 1. The van der Waals surface area contributed by atoms with Crippen molar-refractivity contribution in [2.75, 3.05) is 18.4 Å². The Morgan fingerprint density at radius 2 is 2.00 bits per heavy atom. The van der Waals surface area contributed by atoms with Gasteiger partial charge in [0.2, 0.25) is 5.91 Å². The number of rotatable bonds is 6. The number of thiazole rings is 1. The maximum absolute atomic E-state index is 14.9. The van der Waals surface area contributed by atoms with Gasteiger partial charge in [-0.15, -0.1) is 8.78 Å². The van der Waals surface area contributed by atoms with Crippen molar-refractivity contribution < 1.29 is 32.5 Å². The van der Waals surface area contributed by atoms with E-state index in [1.54, 1.807) is 24.4 Å². The van der Waals surface area contributed by atoms with Crippen LogP contribution in [0.1, 0.15) is 41.3 Å². The van der Waals surface area contributed by atoms with Gasteiger partial charge in [-0.05, 0) is 49.1 Å². The molecule has 2 aromatic carbocycles. The number of nitrogens with one attached hydrogen (secondary N) is 1. The van der Waals surface area contributed by atoms with Crippen molar-refractivity contribution in [2.24, 2.45) is 0 Å². The number of hydrogen-bond donors (Lipinski definition) is 2. The summed E-state index contributed by atoms with van der Waals surface area (Å²) in [4.78, 5) is 20.3. The van der Waals surface area contributed by atoms with Crippen LogP contribution in [-0.2, 0) is 10.2 Å². The van der Waals surface area contributed by atoms with E-state index in [2.05, 4.69) is 19.8 Å². The number of hydrogen-bond acceptors (Lipinski definition) is 7. The second-order valence-corrected chi connectivity index (χ2v) is 10.9. The highest BCUT2D eigenvalue weighted by atomic mass is 35.5. The summed E-state index contributed by atoms with van der Waals surface area (Å²) in [6.07, 6.45) is -1.01. The van der Waals surface area contributed by atoms with Crippen LogP contribution < -0.4 is 14.8 Å². The number of ether oxygens (including phenoxy) is 2. The van der Waals surface area contributed by atoms with Gasteiger partial charge in [0.25, 0.3) is 0 Å². The van der Waals surface area contributed by atoms with Crippen LogP contribution in [0.5, 0.6) is 11.5 Å². The van der Waals surface area contributed by atoms with Crippen LogP contribution >= 0.6 is 22.9 Å². The summed E-state index contributed by atoms with van der Waals surface area (Å²) < 4.78 is 50.7. The van der Waals surface area contributed by atoms with Crippen molar-refractivity contribution in [2.45, 2.75) is 43.1 Å². The molecule has 1 saturated heterocycles. The van der Waals surface area contributed by atoms with E-state index in [-0.39, 0.29) is 22.4 Å². The Morgan fingerprint density at radius 1 is 1.22 bits per heavy atom. The first-order valence-electron chi connectivity index (χ1n) is 11.7. The largest absolute Gasteiger partial charge is 0.586 e. The molecule has 0 spiro atoms. The third-order valence-corrected chi connectivity index (χ3v) is 8.17. The number of aliphatic hydroxyl groups is 1. The molecule has 1 aliphatic carbocycles. The van der Waals surface area contributed by atoms with Crippen LogP contribution in [0.15, 0.2) is 42.6 Å². The number of aromatic nitrogens is 1. The minimum atomic E-state index is -3.73. The minimum Gasteiger partial charge on any atom is -0.395 e. The quantitative estimate of drug-likeness (QED) is 0.444. The van der Waals surface area contributed by atoms with Gasteiger partial charge in [0.15, 0.2) is 16.6 Å². The number of alkyl halides is 2. The van der Waals surface area contributed by atoms with E-state index >= 15 is 0 Å². The number of amides is 1. The zero-order valence-corrected chi connectivity index (χ0v) is 20.8. The predicted octanol–water partition coefficient (Wildman–Crippen LogP) is 5.08. The van der Waals surface area contributed by atoms with Crippen LogP contribution in [0.4, 0.5) is 18.3 Å². The number of carbonyl (C=O) groups is 1. The lowest BCUT2D eigenvalue weighted by Gasteiger charge is -2.27. The van der Waals surface area contributed by atoms with Gasteiger partial charge in [-0.2, -0.15) is 0 Å². The summed E-state index contributed by atoms with van der Waals surface area (Å²) in [6.45, 7) is 0.943. The first-order chi connectivity index (χ1) is 17.6. The zero-order chi connectivity index (χ0) is 25.9. The molecular weight excluding hydrogens is 531 g/mol. The van der Waals surface area contributed by atoms with Crippen LogP contribution in [0, 0.1) is 5.82 Å². The number of halogens is 4. The molecule has 37 heavy (non-hydrogen) atoms. The van der Waals surface area contributed by atoms with Gasteiger partial charge in [-0.3, -0.25) is 9.69 Å². The Labute approximate surface area is 218 Å². The molecule has 12 heteroatoms. The van der Waals surface area contributed by atoms with Crippen LogP contribution in [0.3, 0.4) is 0 Å². The molecule has 1 aromatic heterocycles. The molecule has 6 rings (SSSR count). The first-order valence-corrected chi connectivity index (χ1v) is 12.9. The molecule has 3 aromatic rings. The fraction of sp³-hybridized carbons (Fsp3) is 0.360. The number of aliphatic hydroxyl groups excluding tert-OH is 1. The highest BCUT2D eigenvalue weighted by molar-refractivity contribution is 7.15. The number of anilines is 1. The van der Waals surface area contributed by atoms with Gasteiger partial charge in [-0.25, -0.2) is 9.37 Å². The Bertz CT molecular complexity index is 1380. The van der Waals surface area contributed by atoms with Crippen molar-refractivity contribution >= 4 is 34.0 Å². The van der Waals surface area contributed by atoms with Gasteiger partial charge in [0.1, 0.15) is 5.82 Å². The summed E-state index contributed by atoms with van der Waals surface area (Å²) >= 11 is 7.17. The number of benzene rings is 2. The molecule has 2 N–H and O–H groups in total. The number of carbonyl (C=O) groups excluding carboxylic acids is 1. The molecule has 3 aliphatic rings. The number of β-amino-alcohol motifs (C(OH)–C–C–N with tert-alkyl or cyclic N) is 1. The lowest BCUT2D eigenvalue weighted by Crippen LogP contribution is -2.28. The molecule has 7 nitrogen and oxygen atoms in total. The van der Waals surface area contributed by atoms with Gasteiger partial charge < -0.3 is 19.9 Å². The summed E-state index contributed by atoms with van der Waals surface area (Å²) in [7, 11) is 0. The Hall–Kier alpha value is -2.86. The summed E-state index contributed by atoms with van der Waals surface area (Å²) in [5, 5.41) is 13.5. The standard InChI is InChI=1S/C25H21ClF3N3O4S/c26-14-2-3-16(17(27)10-14)21(32-8-5-15(33)12-32)20-11-30-23(37-20)31-22(34)24(6-7-24)13-1-4-18-19(9-13)36-25(28,29)35-18/h1-4,9-11,15,21,33H,5-8,12H2,(H,30,31,34). The second kappa shape index (κ2) is 8.87. The maximum Gasteiger partial charge on any atom is 0.586 e. The van der Waals surface area contributed by atoms with Crippen molar-refractivity contribution in [1.29, 1.82) is 0 Å². The molecule has 194 valence electrons. The molecule has 3 heterocycles. The fourth-order valence-electron chi connectivity index (χ4n) is 4.96. The summed E-state index contributed by atoms with van der Waals surface area (Å²) in [5.41, 5.74) is 0.0629. The summed E-state index contributed by atoms with van der Waals surface area (Å²) in [5.74, 6) is -0.978. The van der Waals surface area contributed by atoms with E-state index < -0.39 is 29.7 Å². The average Bonchev–Trinajstić information content (AvgIpc) is 3.16. The topological polar surface area (TPSA) is 83.9 Å². The molecule has 0 radical (unpaired) electrons. The van der Waals surface area contributed by atoms with Gasteiger partial charge in [0, 0.05) is 34.7 Å². The molecule has 1 saturated carbocycles. The highest BCUT2D eigenvalue weighted by Crippen LogP contribution is 2.52. The molecule has 0 bridgehead atoms. The molecule has 2 unspecified atom stereocenters. The van der Waals surface area contributed by atoms with Crippen molar-refractivity contribution in [3.63, 3.8) is 0 Å². The number of fused-ring (bicyclic) bond motifs is 1. The minimum absolute atomic E-state index is 0.0815. The predicted molar refractivity (Wildman–Crippen MR) is 130 cm³/mol. The van der Waals surface area contributed by atoms with Gasteiger partial charge in [0.05, 0.1) is 17.6 Å². The van der Waals surface area contributed by atoms with Crippen LogP contribution in [-0.4, -0.2) is 46.4 Å². The van der Waals surface area contributed by atoms with Gasteiger partial charge >= 0.3 is 6.29 Å². The van der Waals surface area contributed by atoms with E-state index in [0.717, 1.165) is 0 Å². The maximum atomic E-state index is 14.9. The third-order valence-electron chi connectivity index (χ3n) is 6.97. The molecular formula is C25H21ClF3N3O4S. The van der Waals surface area contributed by atoms with E-state index in [1.165, 1.54) is 29.5 Å². The monoisotopic (exact) mass is 551 g/mol. The molecule has 2 fully saturated rings. The zero-order valence-electron chi connectivity index (χ0n) is 19.2. The van der Waals surface area contributed by atoms with Crippen molar-refractivity contribution in [1.82, 2.24) is 9.88 Å². The third kappa shape index (κ3) is 4.54. The van der Waals surface area contributed by atoms with Crippen molar-refractivity contribution in [3.05, 3.63) is 69.4 Å². The second-order valence-electron chi connectivity index (χ2n) is 9.44. The lowest BCUT2D eigenvalue weighted by molar-refractivity contribution is -0.286. The Balaban J connectivity index is 1.24. The molecule has 1 amide bonds.